The van der Waals surface area contributed by atoms with Crippen LogP contribution in [0.3, 0.4) is 0 Å². The standard InChI is InChI=1S/C23H23FN4O2/c24-19-8-6-16(7-9-19)13-22(29)28-12-2-4-18(15-28)23(30)26-20-5-1-3-17(14-20)21-10-11-25-27-21/h1,3,5-11,14,18H,2,4,12-13,15H2,(H,25,27)(H,26,30)/t18-/m1/s1. The number of amides is 2. The molecule has 0 aliphatic carbocycles. The number of anilines is 1. The molecule has 6 nitrogen and oxygen atoms in total. The number of halogens is 1. The maximum absolute atomic E-state index is 13.1. The number of carbonyl (C=O) groups excluding carboxylic acids is 2. The molecule has 1 aromatic heterocycles. The molecule has 0 bridgehead atoms. The van der Waals surface area contributed by atoms with E-state index in [-0.39, 0.29) is 30.0 Å². The molecule has 0 unspecified atom stereocenters. The van der Waals surface area contributed by atoms with Crippen molar-refractivity contribution in [2.45, 2.75) is 19.3 Å². The number of carbonyl (C=O) groups is 2. The first kappa shape index (κ1) is 19.8. The number of hydrogen-bond acceptors (Lipinski definition) is 3. The quantitative estimate of drug-likeness (QED) is 0.679. The Bertz CT molecular complexity index is 1020. The summed E-state index contributed by atoms with van der Waals surface area (Å²) in [6.07, 6.45) is 3.41. The third kappa shape index (κ3) is 4.74. The lowest BCUT2D eigenvalue weighted by Crippen LogP contribution is -2.44. The second kappa shape index (κ2) is 8.90. The molecular weight excluding hydrogens is 383 g/mol. The van der Waals surface area contributed by atoms with Gasteiger partial charge in [0.25, 0.3) is 0 Å². The predicted octanol–water partition coefficient (Wildman–Crippen LogP) is 3.64. The van der Waals surface area contributed by atoms with Crippen LogP contribution < -0.4 is 5.32 Å². The van der Waals surface area contributed by atoms with Gasteiger partial charge in [-0.2, -0.15) is 5.10 Å². The molecule has 0 spiro atoms. The summed E-state index contributed by atoms with van der Waals surface area (Å²) in [4.78, 5) is 27.2. The lowest BCUT2D eigenvalue weighted by molar-refractivity contribution is -0.133. The molecular formula is C23H23FN4O2. The number of piperidine rings is 1. The molecule has 1 saturated heterocycles. The first-order chi connectivity index (χ1) is 14.6. The summed E-state index contributed by atoms with van der Waals surface area (Å²) in [7, 11) is 0. The van der Waals surface area contributed by atoms with E-state index in [1.165, 1.54) is 12.1 Å². The Labute approximate surface area is 174 Å². The van der Waals surface area contributed by atoms with Crippen molar-refractivity contribution in [1.29, 1.82) is 0 Å². The van der Waals surface area contributed by atoms with E-state index in [9.17, 15) is 14.0 Å². The maximum atomic E-state index is 13.1. The van der Waals surface area contributed by atoms with E-state index < -0.39 is 0 Å². The normalized spacial score (nSPS) is 16.3. The van der Waals surface area contributed by atoms with Gasteiger partial charge in [0.05, 0.1) is 18.0 Å². The molecule has 2 heterocycles. The fourth-order valence-electron chi connectivity index (χ4n) is 3.73. The molecule has 4 rings (SSSR count). The van der Waals surface area contributed by atoms with Crippen LogP contribution in [0.1, 0.15) is 18.4 Å². The molecule has 3 aromatic rings. The zero-order chi connectivity index (χ0) is 20.9. The van der Waals surface area contributed by atoms with Crippen LogP contribution in [0.4, 0.5) is 10.1 Å². The van der Waals surface area contributed by atoms with Gasteiger partial charge in [-0.1, -0.05) is 24.3 Å². The van der Waals surface area contributed by atoms with Gasteiger partial charge in [0.1, 0.15) is 5.82 Å². The summed E-state index contributed by atoms with van der Waals surface area (Å²) in [6.45, 7) is 1.03. The van der Waals surface area contributed by atoms with Gasteiger partial charge >= 0.3 is 0 Å². The van der Waals surface area contributed by atoms with E-state index in [0.717, 1.165) is 29.7 Å². The Morgan fingerprint density at radius 2 is 2.00 bits per heavy atom. The Balaban J connectivity index is 1.37. The molecule has 2 amide bonds. The Kier molecular flexibility index (Phi) is 5.88. The average Bonchev–Trinajstić information content (AvgIpc) is 3.31. The number of benzene rings is 2. The third-order valence-electron chi connectivity index (χ3n) is 5.36. The Morgan fingerprint density at radius 3 is 2.77 bits per heavy atom. The molecule has 0 radical (unpaired) electrons. The number of hydrogen-bond donors (Lipinski definition) is 2. The van der Waals surface area contributed by atoms with Gasteiger partial charge < -0.3 is 10.2 Å². The molecule has 2 aromatic carbocycles. The van der Waals surface area contributed by atoms with E-state index in [0.29, 0.717) is 18.8 Å². The number of rotatable bonds is 5. The average molecular weight is 406 g/mol. The predicted molar refractivity (Wildman–Crippen MR) is 112 cm³/mol. The van der Waals surface area contributed by atoms with Crippen LogP contribution in [0.25, 0.3) is 11.3 Å². The molecule has 154 valence electrons. The van der Waals surface area contributed by atoms with Crippen LogP contribution in [0.5, 0.6) is 0 Å². The highest BCUT2D eigenvalue weighted by atomic mass is 19.1. The van der Waals surface area contributed by atoms with Crippen LogP contribution in [-0.2, 0) is 16.0 Å². The summed E-state index contributed by atoms with van der Waals surface area (Å²) < 4.78 is 13.1. The summed E-state index contributed by atoms with van der Waals surface area (Å²) in [6, 6.07) is 15.4. The summed E-state index contributed by atoms with van der Waals surface area (Å²) in [5, 5.41) is 9.84. The van der Waals surface area contributed by atoms with Gasteiger partial charge in [0.2, 0.25) is 11.8 Å². The fraction of sp³-hybridized carbons (Fsp3) is 0.261. The van der Waals surface area contributed by atoms with Gasteiger partial charge in [-0.3, -0.25) is 14.7 Å². The van der Waals surface area contributed by atoms with Crippen molar-refractivity contribution in [2.75, 3.05) is 18.4 Å². The van der Waals surface area contributed by atoms with E-state index in [2.05, 4.69) is 15.5 Å². The van der Waals surface area contributed by atoms with Crippen molar-refractivity contribution in [3.63, 3.8) is 0 Å². The van der Waals surface area contributed by atoms with Gasteiger partial charge in [-0.25, -0.2) is 4.39 Å². The summed E-state index contributed by atoms with van der Waals surface area (Å²) in [5.41, 5.74) is 3.29. The largest absolute Gasteiger partial charge is 0.342 e. The van der Waals surface area contributed by atoms with Crippen molar-refractivity contribution in [3.05, 3.63) is 72.2 Å². The zero-order valence-corrected chi connectivity index (χ0v) is 16.5. The van der Waals surface area contributed by atoms with E-state index >= 15 is 0 Å². The number of H-pyrrole nitrogens is 1. The topological polar surface area (TPSA) is 78.1 Å². The van der Waals surface area contributed by atoms with Crippen molar-refractivity contribution < 1.29 is 14.0 Å². The minimum Gasteiger partial charge on any atom is -0.342 e. The lowest BCUT2D eigenvalue weighted by atomic mass is 9.96. The highest BCUT2D eigenvalue weighted by molar-refractivity contribution is 5.93. The number of nitrogens with one attached hydrogen (secondary N) is 2. The second-order valence-electron chi connectivity index (χ2n) is 7.52. The number of aromatic amines is 1. The second-order valence-corrected chi connectivity index (χ2v) is 7.52. The van der Waals surface area contributed by atoms with Gasteiger partial charge in [-0.05, 0) is 48.7 Å². The Hall–Kier alpha value is -3.48. The molecule has 7 heteroatoms. The summed E-state index contributed by atoms with van der Waals surface area (Å²) in [5.74, 6) is -0.708. The SMILES string of the molecule is O=C(Nc1cccc(-c2ccn[nH]2)c1)[C@@H]1CCCN(C(=O)Cc2ccc(F)cc2)C1. The van der Waals surface area contributed by atoms with Crippen molar-refractivity contribution >= 4 is 17.5 Å². The molecule has 1 fully saturated rings. The highest BCUT2D eigenvalue weighted by Crippen LogP contribution is 2.23. The molecule has 1 aliphatic rings. The van der Waals surface area contributed by atoms with E-state index in [1.807, 2.05) is 30.3 Å². The smallest absolute Gasteiger partial charge is 0.229 e. The zero-order valence-electron chi connectivity index (χ0n) is 16.5. The van der Waals surface area contributed by atoms with Gasteiger partial charge in [0, 0.05) is 30.5 Å². The van der Waals surface area contributed by atoms with E-state index in [1.54, 1.807) is 23.2 Å². The minimum atomic E-state index is -0.322. The van der Waals surface area contributed by atoms with Gasteiger partial charge in [-0.15, -0.1) is 0 Å². The first-order valence-electron chi connectivity index (χ1n) is 10.0. The number of aromatic nitrogens is 2. The van der Waals surface area contributed by atoms with Crippen LogP contribution in [0, 0.1) is 11.7 Å². The molecule has 30 heavy (non-hydrogen) atoms. The number of nitrogens with zero attached hydrogens (tertiary/aromatic N) is 2. The van der Waals surface area contributed by atoms with E-state index in [4.69, 9.17) is 0 Å². The lowest BCUT2D eigenvalue weighted by Gasteiger charge is -2.32. The molecule has 2 N–H and O–H groups in total. The van der Waals surface area contributed by atoms with Crippen LogP contribution in [-0.4, -0.2) is 40.0 Å². The monoisotopic (exact) mass is 406 g/mol. The maximum Gasteiger partial charge on any atom is 0.229 e. The van der Waals surface area contributed by atoms with Crippen LogP contribution >= 0.6 is 0 Å². The Morgan fingerprint density at radius 1 is 1.17 bits per heavy atom. The molecule has 0 saturated carbocycles. The molecule has 1 atom stereocenters. The summed E-state index contributed by atoms with van der Waals surface area (Å²) >= 11 is 0. The van der Waals surface area contributed by atoms with Crippen molar-refractivity contribution in [3.8, 4) is 11.3 Å². The molecule has 1 aliphatic heterocycles. The third-order valence-corrected chi connectivity index (χ3v) is 5.36. The van der Waals surface area contributed by atoms with Crippen LogP contribution in [0.2, 0.25) is 0 Å². The van der Waals surface area contributed by atoms with Crippen LogP contribution in [0.15, 0.2) is 60.8 Å². The highest BCUT2D eigenvalue weighted by Gasteiger charge is 2.28. The minimum absolute atomic E-state index is 0.0413. The fourth-order valence-corrected chi connectivity index (χ4v) is 3.73. The van der Waals surface area contributed by atoms with Crippen molar-refractivity contribution in [1.82, 2.24) is 15.1 Å². The van der Waals surface area contributed by atoms with Gasteiger partial charge in [0.15, 0.2) is 0 Å². The van der Waals surface area contributed by atoms with Crippen molar-refractivity contribution in [2.24, 2.45) is 5.92 Å². The first-order valence-corrected chi connectivity index (χ1v) is 10.0. The number of likely N-dealkylation sites (tertiary alicyclic amines) is 1.